The second-order valence-corrected chi connectivity index (χ2v) is 5.32. The molecule has 9 heteroatoms. The molecule has 1 heterocycles. The number of carbonyl (C=O) groups is 2. The molecule has 0 unspecified atom stereocenters. The van der Waals surface area contributed by atoms with Crippen LogP contribution < -0.4 is 16.4 Å². The zero-order valence-corrected chi connectivity index (χ0v) is 15.6. The van der Waals surface area contributed by atoms with E-state index in [-0.39, 0.29) is 43.2 Å². The summed E-state index contributed by atoms with van der Waals surface area (Å²) in [6, 6.07) is 8.49. The molecule has 0 fully saturated rings. The van der Waals surface area contributed by atoms with E-state index in [9.17, 15) is 9.59 Å². The second-order valence-electron chi connectivity index (χ2n) is 5.32. The number of hydrogen-bond donors (Lipinski definition) is 3. The lowest BCUT2D eigenvalue weighted by Crippen LogP contribution is -2.27. The van der Waals surface area contributed by atoms with Crippen molar-refractivity contribution in [3.63, 3.8) is 0 Å². The molecule has 0 aliphatic rings. The summed E-state index contributed by atoms with van der Waals surface area (Å²) in [4.78, 5) is 25.5. The Labute approximate surface area is 158 Å². The van der Waals surface area contributed by atoms with Gasteiger partial charge in [-0.3, -0.25) is 9.59 Å². The molecular weight excluding hydrogens is 367 g/mol. The van der Waals surface area contributed by atoms with Crippen molar-refractivity contribution in [1.82, 2.24) is 4.90 Å². The number of furan rings is 1. The van der Waals surface area contributed by atoms with Gasteiger partial charge in [-0.1, -0.05) is 0 Å². The first kappa shape index (κ1) is 22.9. The van der Waals surface area contributed by atoms with Crippen molar-refractivity contribution in [2.24, 2.45) is 5.73 Å². The third-order valence-corrected chi connectivity index (χ3v) is 3.00. The highest BCUT2D eigenvalue weighted by Gasteiger charge is 2.10. The first-order valence-electron chi connectivity index (χ1n) is 7.11. The van der Waals surface area contributed by atoms with E-state index in [0.29, 0.717) is 29.2 Å². The van der Waals surface area contributed by atoms with Gasteiger partial charge in [0.2, 0.25) is 5.91 Å². The minimum atomic E-state index is -0.280. The SMILES string of the molecule is CN(C)CC(=O)Nc1ccc(NC(=O)c2coc(CN)c2)cc1.Cl.Cl. The summed E-state index contributed by atoms with van der Waals surface area (Å²) >= 11 is 0. The number of hydrogen-bond acceptors (Lipinski definition) is 5. The minimum absolute atomic E-state index is 0. The van der Waals surface area contributed by atoms with Crippen LogP contribution in [0.25, 0.3) is 0 Å². The highest BCUT2D eigenvalue weighted by molar-refractivity contribution is 6.04. The topological polar surface area (TPSA) is 101 Å². The van der Waals surface area contributed by atoms with E-state index in [0.717, 1.165) is 0 Å². The van der Waals surface area contributed by atoms with E-state index >= 15 is 0 Å². The summed E-state index contributed by atoms with van der Waals surface area (Å²) < 4.78 is 5.13. The van der Waals surface area contributed by atoms with Gasteiger partial charge < -0.3 is 25.7 Å². The largest absolute Gasteiger partial charge is 0.467 e. The molecule has 0 atom stereocenters. The summed E-state index contributed by atoms with van der Waals surface area (Å²) in [6.45, 7) is 0.553. The minimum Gasteiger partial charge on any atom is -0.467 e. The molecule has 0 spiro atoms. The van der Waals surface area contributed by atoms with Crippen LogP contribution in [-0.4, -0.2) is 37.4 Å². The lowest BCUT2D eigenvalue weighted by molar-refractivity contribution is -0.116. The Morgan fingerprint density at radius 1 is 1.08 bits per heavy atom. The van der Waals surface area contributed by atoms with Crippen LogP contribution in [0.2, 0.25) is 0 Å². The van der Waals surface area contributed by atoms with Crippen LogP contribution in [0, 0.1) is 0 Å². The lowest BCUT2D eigenvalue weighted by atomic mass is 10.2. The van der Waals surface area contributed by atoms with Crippen molar-refractivity contribution >= 4 is 48.0 Å². The first-order chi connectivity index (χ1) is 11.0. The molecule has 7 nitrogen and oxygen atoms in total. The van der Waals surface area contributed by atoms with Gasteiger partial charge in [-0.25, -0.2) is 0 Å². The number of benzene rings is 1. The van der Waals surface area contributed by atoms with Crippen LogP contribution in [0.3, 0.4) is 0 Å². The van der Waals surface area contributed by atoms with Gasteiger partial charge in [-0.05, 0) is 44.4 Å². The number of likely N-dealkylation sites (N-methyl/N-ethyl adjacent to an activating group) is 1. The fraction of sp³-hybridized carbons (Fsp3) is 0.250. The Bertz CT molecular complexity index is 687. The van der Waals surface area contributed by atoms with Gasteiger partial charge in [0, 0.05) is 11.4 Å². The van der Waals surface area contributed by atoms with Crippen LogP contribution in [0.1, 0.15) is 16.1 Å². The highest BCUT2D eigenvalue weighted by Crippen LogP contribution is 2.15. The molecule has 1 aromatic heterocycles. The second kappa shape index (κ2) is 10.7. The predicted octanol–water partition coefficient (Wildman–Crippen LogP) is 2.33. The van der Waals surface area contributed by atoms with Gasteiger partial charge in [-0.15, -0.1) is 24.8 Å². The Kier molecular flexibility index (Phi) is 9.85. The summed E-state index contributed by atoms with van der Waals surface area (Å²) in [5.74, 6) is 0.173. The number of rotatable bonds is 6. The molecule has 0 aliphatic heterocycles. The molecule has 0 bridgehead atoms. The molecule has 25 heavy (non-hydrogen) atoms. The van der Waals surface area contributed by atoms with Crippen molar-refractivity contribution in [3.05, 3.63) is 47.9 Å². The van der Waals surface area contributed by atoms with E-state index < -0.39 is 0 Å². The Morgan fingerprint density at radius 3 is 2.12 bits per heavy atom. The Morgan fingerprint density at radius 2 is 1.64 bits per heavy atom. The molecule has 0 saturated carbocycles. The zero-order chi connectivity index (χ0) is 16.8. The number of anilines is 2. The van der Waals surface area contributed by atoms with E-state index in [1.165, 1.54) is 6.26 Å². The van der Waals surface area contributed by atoms with Gasteiger partial charge >= 0.3 is 0 Å². The number of amides is 2. The van der Waals surface area contributed by atoms with Crippen LogP contribution in [-0.2, 0) is 11.3 Å². The lowest BCUT2D eigenvalue weighted by Gasteiger charge is -2.10. The monoisotopic (exact) mass is 388 g/mol. The zero-order valence-electron chi connectivity index (χ0n) is 13.9. The van der Waals surface area contributed by atoms with E-state index in [1.54, 1.807) is 35.2 Å². The molecule has 2 rings (SSSR count). The predicted molar refractivity (Wildman–Crippen MR) is 103 cm³/mol. The van der Waals surface area contributed by atoms with E-state index in [4.69, 9.17) is 10.2 Å². The maximum atomic E-state index is 12.0. The number of halogens is 2. The van der Waals surface area contributed by atoms with Crippen molar-refractivity contribution in [3.8, 4) is 0 Å². The van der Waals surface area contributed by atoms with Crippen molar-refractivity contribution in [2.45, 2.75) is 6.54 Å². The molecule has 0 radical (unpaired) electrons. The molecule has 1 aromatic carbocycles. The molecule has 2 amide bonds. The van der Waals surface area contributed by atoms with E-state index in [2.05, 4.69) is 10.6 Å². The third kappa shape index (κ3) is 7.15. The molecule has 0 aliphatic carbocycles. The number of nitrogens with one attached hydrogen (secondary N) is 2. The normalized spacial score (nSPS) is 9.76. The number of nitrogens with two attached hydrogens (primary N) is 1. The third-order valence-electron chi connectivity index (χ3n) is 3.00. The summed E-state index contributed by atoms with van der Waals surface area (Å²) in [6.07, 6.45) is 1.37. The fourth-order valence-corrected chi connectivity index (χ4v) is 1.93. The van der Waals surface area contributed by atoms with Crippen LogP contribution in [0.5, 0.6) is 0 Å². The smallest absolute Gasteiger partial charge is 0.258 e. The molecular formula is C16H22Cl2N4O3. The van der Waals surface area contributed by atoms with Gasteiger partial charge in [0.05, 0.1) is 18.7 Å². The standard InChI is InChI=1S/C16H20N4O3.2ClH/c1-20(2)9-15(21)18-12-3-5-13(6-4-12)19-16(22)11-7-14(8-17)23-10-11;;/h3-7,10H,8-9,17H2,1-2H3,(H,18,21)(H,19,22);2*1H. The maximum absolute atomic E-state index is 12.0. The Hall–Kier alpha value is -2.06. The van der Waals surface area contributed by atoms with Crippen LogP contribution in [0.15, 0.2) is 41.0 Å². The molecule has 138 valence electrons. The fourth-order valence-electron chi connectivity index (χ4n) is 1.93. The van der Waals surface area contributed by atoms with Gasteiger partial charge in [0.25, 0.3) is 5.91 Å². The van der Waals surface area contributed by atoms with Crippen molar-refractivity contribution in [2.75, 3.05) is 31.3 Å². The quantitative estimate of drug-likeness (QED) is 0.704. The molecule has 4 N–H and O–H groups in total. The average Bonchev–Trinajstić information content (AvgIpc) is 2.97. The summed E-state index contributed by atoms with van der Waals surface area (Å²) in [7, 11) is 3.65. The molecule has 2 aromatic rings. The highest BCUT2D eigenvalue weighted by atomic mass is 35.5. The van der Waals surface area contributed by atoms with Gasteiger partial charge in [0.1, 0.15) is 12.0 Å². The first-order valence-corrected chi connectivity index (χ1v) is 7.11. The summed E-state index contributed by atoms with van der Waals surface area (Å²) in [5.41, 5.74) is 7.14. The van der Waals surface area contributed by atoms with Crippen LogP contribution in [0.4, 0.5) is 11.4 Å². The number of nitrogens with zero attached hydrogens (tertiary/aromatic N) is 1. The Balaban J connectivity index is 0.00000288. The van der Waals surface area contributed by atoms with Crippen molar-refractivity contribution < 1.29 is 14.0 Å². The van der Waals surface area contributed by atoms with Crippen LogP contribution >= 0.6 is 24.8 Å². The van der Waals surface area contributed by atoms with Crippen molar-refractivity contribution in [1.29, 1.82) is 0 Å². The van der Waals surface area contributed by atoms with E-state index in [1.807, 2.05) is 14.1 Å². The maximum Gasteiger partial charge on any atom is 0.258 e. The van der Waals surface area contributed by atoms with Gasteiger partial charge in [-0.2, -0.15) is 0 Å². The molecule has 0 saturated heterocycles. The average molecular weight is 389 g/mol. The number of carbonyl (C=O) groups excluding carboxylic acids is 2. The van der Waals surface area contributed by atoms with Gasteiger partial charge in [0.15, 0.2) is 0 Å². The summed E-state index contributed by atoms with van der Waals surface area (Å²) in [5, 5.41) is 5.52.